The standard InChI is InChI=1S/C25H30N2O3/c28-24(26-17-21-6-7-21)12-9-20-8-11-23-22(16-20)18-27(14-15-30-23)25(29)13-10-19-4-2-1-3-5-19/h1-5,8,11,16,21H,6-7,9-10,12-15,17-18H2,(H,26,28). The Bertz CT molecular complexity index is 877. The van der Waals surface area contributed by atoms with E-state index in [4.69, 9.17) is 4.74 Å². The molecule has 2 aromatic carbocycles. The zero-order chi connectivity index (χ0) is 20.8. The molecule has 2 aliphatic rings. The van der Waals surface area contributed by atoms with Gasteiger partial charge in [0.05, 0.1) is 6.54 Å². The summed E-state index contributed by atoms with van der Waals surface area (Å²) >= 11 is 0. The lowest BCUT2D eigenvalue weighted by Gasteiger charge is -2.20. The van der Waals surface area contributed by atoms with E-state index in [-0.39, 0.29) is 11.8 Å². The Morgan fingerprint density at radius 3 is 2.60 bits per heavy atom. The largest absolute Gasteiger partial charge is 0.491 e. The van der Waals surface area contributed by atoms with Crippen LogP contribution in [0.5, 0.6) is 5.75 Å². The summed E-state index contributed by atoms with van der Waals surface area (Å²) in [5.41, 5.74) is 3.31. The van der Waals surface area contributed by atoms with Gasteiger partial charge >= 0.3 is 0 Å². The second-order valence-electron chi connectivity index (χ2n) is 8.34. The lowest BCUT2D eigenvalue weighted by Crippen LogP contribution is -2.32. The fourth-order valence-corrected chi connectivity index (χ4v) is 3.80. The van der Waals surface area contributed by atoms with Crippen molar-refractivity contribution in [2.24, 2.45) is 5.92 Å². The highest BCUT2D eigenvalue weighted by molar-refractivity contribution is 5.77. The first-order valence-corrected chi connectivity index (χ1v) is 11.0. The van der Waals surface area contributed by atoms with Gasteiger partial charge in [-0.2, -0.15) is 0 Å². The molecule has 30 heavy (non-hydrogen) atoms. The van der Waals surface area contributed by atoms with Crippen molar-refractivity contribution in [3.05, 3.63) is 65.2 Å². The zero-order valence-corrected chi connectivity index (χ0v) is 17.4. The maximum Gasteiger partial charge on any atom is 0.223 e. The zero-order valence-electron chi connectivity index (χ0n) is 17.4. The molecule has 0 bridgehead atoms. The van der Waals surface area contributed by atoms with Gasteiger partial charge in [0.2, 0.25) is 11.8 Å². The van der Waals surface area contributed by atoms with Crippen molar-refractivity contribution >= 4 is 11.8 Å². The lowest BCUT2D eigenvalue weighted by molar-refractivity contribution is -0.131. The maximum atomic E-state index is 12.8. The van der Waals surface area contributed by atoms with Gasteiger partial charge in [-0.05, 0) is 48.8 Å². The highest BCUT2D eigenvalue weighted by atomic mass is 16.5. The molecule has 1 fully saturated rings. The van der Waals surface area contributed by atoms with E-state index in [1.807, 2.05) is 35.2 Å². The number of nitrogens with zero attached hydrogens (tertiary/aromatic N) is 1. The Hall–Kier alpha value is -2.82. The predicted molar refractivity (Wildman–Crippen MR) is 116 cm³/mol. The first kappa shape index (κ1) is 20.5. The van der Waals surface area contributed by atoms with Crippen LogP contribution in [0.3, 0.4) is 0 Å². The van der Waals surface area contributed by atoms with Gasteiger partial charge in [0.25, 0.3) is 0 Å². The molecule has 0 saturated heterocycles. The van der Waals surface area contributed by atoms with Crippen molar-refractivity contribution in [2.45, 2.75) is 45.1 Å². The van der Waals surface area contributed by atoms with Crippen molar-refractivity contribution in [1.82, 2.24) is 10.2 Å². The van der Waals surface area contributed by atoms with Gasteiger partial charge in [0, 0.05) is 31.5 Å². The number of hydrogen-bond donors (Lipinski definition) is 1. The number of ether oxygens (including phenoxy) is 1. The number of rotatable bonds is 8. The number of hydrogen-bond acceptors (Lipinski definition) is 3. The topological polar surface area (TPSA) is 58.6 Å². The molecule has 1 saturated carbocycles. The molecule has 5 nitrogen and oxygen atoms in total. The number of fused-ring (bicyclic) bond motifs is 1. The van der Waals surface area contributed by atoms with Gasteiger partial charge in [-0.3, -0.25) is 9.59 Å². The SMILES string of the molecule is O=C(CCc1ccc2c(c1)CN(C(=O)CCc1ccccc1)CCO2)NCC1CC1. The molecule has 1 N–H and O–H groups in total. The van der Waals surface area contributed by atoms with Gasteiger partial charge < -0.3 is 15.0 Å². The van der Waals surface area contributed by atoms with Crippen molar-refractivity contribution in [3.63, 3.8) is 0 Å². The van der Waals surface area contributed by atoms with Crippen LogP contribution < -0.4 is 10.1 Å². The fourth-order valence-electron chi connectivity index (χ4n) is 3.80. The molecule has 2 amide bonds. The summed E-state index contributed by atoms with van der Waals surface area (Å²) in [6.45, 7) is 2.48. The first-order chi connectivity index (χ1) is 14.7. The average Bonchev–Trinajstić information content (AvgIpc) is 3.61. The third-order valence-corrected chi connectivity index (χ3v) is 5.85. The third-order valence-electron chi connectivity index (χ3n) is 5.85. The lowest BCUT2D eigenvalue weighted by atomic mass is 10.0. The van der Waals surface area contributed by atoms with Gasteiger partial charge in [-0.25, -0.2) is 0 Å². The summed E-state index contributed by atoms with van der Waals surface area (Å²) in [5.74, 6) is 1.81. The molecule has 0 atom stereocenters. The molecule has 0 aromatic heterocycles. The normalized spacial score (nSPS) is 15.7. The van der Waals surface area contributed by atoms with Gasteiger partial charge in [0.1, 0.15) is 12.4 Å². The molecule has 0 unspecified atom stereocenters. The molecular weight excluding hydrogens is 376 g/mol. The van der Waals surface area contributed by atoms with E-state index in [1.165, 1.54) is 18.4 Å². The van der Waals surface area contributed by atoms with Gasteiger partial charge in [-0.15, -0.1) is 0 Å². The Balaban J connectivity index is 1.32. The van der Waals surface area contributed by atoms with Crippen LogP contribution in [0.25, 0.3) is 0 Å². The molecule has 4 rings (SSSR count). The van der Waals surface area contributed by atoms with E-state index in [0.29, 0.717) is 44.9 Å². The molecule has 158 valence electrons. The summed E-state index contributed by atoms with van der Waals surface area (Å²) in [7, 11) is 0. The van der Waals surface area contributed by atoms with Crippen molar-refractivity contribution in [1.29, 1.82) is 0 Å². The van der Waals surface area contributed by atoms with Crippen molar-refractivity contribution in [3.8, 4) is 5.75 Å². The van der Waals surface area contributed by atoms with Crippen LogP contribution in [0.15, 0.2) is 48.5 Å². The second-order valence-corrected chi connectivity index (χ2v) is 8.34. The van der Waals surface area contributed by atoms with E-state index >= 15 is 0 Å². The number of amides is 2. The van der Waals surface area contributed by atoms with E-state index in [9.17, 15) is 9.59 Å². The Labute approximate surface area is 178 Å². The second kappa shape index (κ2) is 9.79. The molecule has 0 spiro atoms. The highest BCUT2D eigenvalue weighted by Gasteiger charge is 2.22. The fraction of sp³-hybridized carbons (Fsp3) is 0.440. The summed E-state index contributed by atoms with van der Waals surface area (Å²) in [4.78, 5) is 26.7. The molecule has 1 aliphatic heterocycles. The quantitative estimate of drug-likeness (QED) is 0.730. The Kier molecular flexibility index (Phi) is 6.67. The van der Waals surface area contributed by atoms with Crippen LogP contribution >= 0.6 is 0 Å². The Morgan fingerprint density at radius 1 is 1.00 bits per heavy atom. The summed E-state index contributed by atoms with van der Waals surface area (Å²) < 4.78 is 5.87. The van der Waals surface area contributed by atoms with Gasteiger partial charge in [-0.1, -0.05) is 42.5 Å². The molecule has 0 radical (unpaired) electrons. The van der Waals surface area contributed by atoms with Gasteiger partial charge in [0.15, 0.2) is 0 Å². The van der Waals surface area contributed by atoms with Crippen LogP contribution in [0, 0.1) is 5.92 Å². The van der Waals surface area contributed by atoms with Crippen LogP contribution in [-0.4, -0.2) is 36.4 Å². The van der Waals surface area contributed by atoms with E-state index in [0.717, 1.165) is 29.8 Å². The number of nitrogens with one attached hydrogen (secondary N) is 1. The monoisotopic (exact) mass is 406 g/mol. The minimum absolute atomic E-state index is 0.116. The summed E-state index contributed by atoms with van der Waals surface area (Å²) in [6, 6.07) is 16.2. The first-order valence-electron chi connectivity index (χ1n) is 11.0. The minimum atomic E-state index is 0.116. The van der Waals surface area contributed by atoms with E-state index in [1.54, 1.807) is 0 Å². The van der Waals surface area contributed by atoms with Crippen LogP contribution in [0.4, 0.5) is 0 Å². The average molecular weight is 407 g/mol. The van der Waals surface area contributed by atoms with Crippen molar-refractivity contribution in [2.75, 3.05) is 19.7 Å². The molecule has 1 aliphatic carbocycles. The number of carbonyl (C=O) groups is 2. The van der Waals surface area contributed by atoms with Crippen LogP contribution in [0.1, 0.15) is 42.4 Å². The molecule has 2 aromatic rings. The number of aryl methyl sites for hydroxylation is 2. The summed E-state index contributed by atoms with van der Waals surface area (Å²) in [6.07, 6.45) is 4.93. The highest BCUT2D eigenvalue weighted by Crippen LogP contribution is 2.28. The number of carbonyl (C=O) groups excluding carboxylic acids is 2. The minimum Gasteiger partial charge on any atom is -0.491 e. The third kappa shape index (κ3) is 5.85. The predicted octanol–water partition coefficient (Wildman–Crippen LogP) is 3.50. The van der Waals surface area contributed by atoms with Crippen molar-refractivity contribution < 1.29 is 14.3 Å². The van der Waals surface area contributed by atoms with Crippen LogP contribution in [-0.2, 0) is 29.0 Å². The van der Waals surface area contributed by atoms with Crippen LogP contribution in [0.2, 0.25) is 0 Å². The van der Waals surface area contributed by atoms with E-state index in [2.05, 4.69) is 23.5 Å². The number of benzene rings is 2. The van der Waals surface area contributed by atoms with E-state index < -0.39 is 0 Å². The smallest absolute Gasteiger partial charge is 0.223 e. The molecular formula is C25H30N2O3. The molecule has 1 heterocycles. The maximum absolute atomic E-state index is 12.8. The summed E-state index contributed by atoms with van der Waals surface area (Å²) in [5, 5.41) is 3.02. The Morgan fingerprint density at radius 2 is 1.80 bits per heavy atom. The molecule has 5 heteroatoms.